The highest BCUT2D eigenvalue weighted by Gasteiger charge is 2.21. The third-order valence-electron chi connectivity index (χ3n) is 3.45. The molecule has 0 spiro atoms. The molecule has 1 aromatic rings. The van der Waals surface area contributed by atoms with Gasteiger partial charge in [-0.2, -0.15) is 0 Å². The van der Waals surface area contributed by atoms with Crippen LogP contribution in [-0.4, -0.2) is 56.2 Å². The topological polar surface area (TPSA) is 15.7 Å². The second-order valence-electron chi connectivity index (χ2n) is 5.42. The van der Waals surface area contributed by atoms with Gasteiger partial charge in [0.1, 0.15) is 0 Å². The summed E-state index contributed by atoms with van der Waals surface area (Å²) in [6.07, 6.45) is 0.345. The first-order valence-electron chi connectivity index (χ1n) is 6.68. The van der Waals surface area contributed by atoms with Gasteiger partial charge >= 0.3 is 0 Å². The SMILES string of the molecule is Cc1ccccc1CN1CCOC(CN(C)C)C1. The van der Waals surface area contributed by atoms with Crippen LogP contribution in [0, 0.1) is 6.92 Å². The van der Waals surface area contributed by atoms with Gasteiger partial charge in [-0.1, -0.05) is 24.3 Å². The lowest BCUT2D eigenvalue weighted by Crippen LogP contribution is -2.46. The molecule has 1 aromatic carbocycles. The summed E-state index contributed by atoms with van der Waals surface area (Å²) < 4.78 is 5.80. The van der Waals surface area contributed by atoms with Gasteiger partial charge in [0.05, 0.1) is 12.7 Å². The van der Waals surface area contributed by atoms with Crippen molar-refractivity contribution in [3.8, 4) is 0 Å². The number of likely N-dealkylation sites (N-methyl/N-ethyl adjacent to an activating group) is 1. The molecule has 0 bridgehead atoms. The van der Waals surface area contributed by atoms with Crippen molar-refractivity contribution in [2.24, 2.45) is 0 Å². The maximum atomic E-state index is 5.80. The quantitative estimate of drug-likeness (QED) is 0.807. The first-order valence-corrected chi connectivity index (χ1v) is 6.68. The number of hydrogen-bond donors (Lipinski definition) is 0. The molecule has 0 aromatic heterocycles. The molecule has 3 nitrogen and oxygen atoms in total. The zero-order valence-electron chi connectivity index (χ0n) is 11.7. The Balaban J connectivity index is 1.91. The van der Waals surface area contributed by atoms with Crippen molar-refractivity contribution in [3.63, 3.8) is 0 Å². The van der Waals surface area contributed by atoms with Gasteiger partial charge in [-0.15, -0.1) is 0 Å². The summed E-state index contributed by atoms with van der Waals surface area (Å²) in [5, 5.41) is 0. The van der Waals surface area contributed by atoms with Gasteiger partial charge < -0.3 is 9.64 Å². The second kappa shape index (κ2) is 6.32. The summed E-state index contributed by atoms with van der Waals surface area (Å²) in [5.41, 5.74) is 2.82. The van der Waals surface area contributed by atoms with Gasteiger partial charge in [0.15, 0.2) is 0 Å². The van der Waals surface area contributed by atoms with Crippen LogP contribution in [0.1, 0.15) is 11.1 Å². The molecule has 0 amide bonds. The van der Waals surface area contributed by atoms with Crippen molar-refractivity contribution in [1.82, 2.24) is 9.80 Å². The van der Waals surface area contributed by atoms with Crippen LogP contribution in [0.3, 0.4) is 0 Å². The fourth-order valence-electron chi connectivity index (χ4n) is 2.47. The Morgan fingerprint density at radius 1 is 1.33 bits per heavy atom. The Hall–Kier alpha value is -0.900. The van der Waals surface area contributed by atoms with Crippen molar-refractivity contribution in [1.29, 1.82) is 0 Å². The van der Waals surface area contributed by atoms with Gasteiger partial charge in [0.25, 0.3) is 0 Å². The van der Waals surface area contributed by atoms with Crippen LogP contribution in [0.25, 0.3) is 0 Å². The number of nitrogens with zero attached hydrogens (tertiary/aromatic N) is 2. The van der Waals surface area contributed by atoms with Crippen molar-refractivity contribution in [2.45, 2.75) is 19.6 Å². The van der Waals surface area contributed by atoms with Gasteiger partial charge in [0.2, 0.25) is 0 Å². The van der Waals surface area contributed by atoms with Crippen molar-refractivity contribution in [2.75, 3.05) is 40.3 Å². The molecule has 0 aliphatic carbocycles. The molecule has 1 aliphatic heterocycles. The molecule has 1 saturated heterocycles. The van der Waals surface area contributed by atoms with E-state index in [9.17, 15) is 0 Å². The molecular formula is C15H24N2O. The summed E-state index contributed by atoms with van der Waals surface area (Å²) in [4.78, 5) is 4.70. The molecule has 1 unspecified atom stereocenters. The van der Waals surface area contributed by atoms with Crippen LogP contribution in [0.4, 0.5) is 0 Å². The summed E-state index contributed by atoms with van der Waals surface area (Å²) in [6, 6.07) is 8.64. The maximum Gasteiger partial charge on any atom is 0.0829 e. The average molecular weight is 248 g/mol. The van der Waals surface area contributed by atoms with E-state index >= 15 is 0 Å². The zero-order chi connectivity index (χ0) is 13.0. The van der Waals surface area contributed by atoms with Crippen LogP contribution in [-0.2, 0) is 11.3 Å². The zero-order valence-corrected chi connectivity index (χ0v) is 11.7. The van der Waals surface area contributed by atoms with Crippen LogP contribution in [0.15, 0.2) is 24.3 Å². The highest BCUT2D eigenvalue weighted by Crippen LogP contribution is 2.13. The molecule has 1 heterocycles. The van der Waals surface area contributed by atoms with E-state index in [1.54, 1.807) is 0 Å². The molecular weight excluding hydrogens is 224 g/mol. The minimum Gasteiger partial charge on any atom is -0.374 e. The van der Waals surface area contributed by atoms with E-state index in [2.05, 4.69) is 55.1 Å². The van der Waals surface area contributed by atoms with E-state index in [0.29, 0.717) is 6.10 Å². The molecule has 1 atom stereocenters. The molecule has 1 fully saturated rings. The van der Waals surface area contributed by atoms with Gasteiger partial charge in [-0.3, -0.25) is 4.90 Å². The first-order chi connectivity index (χ1) is 8.65. The lowest BCUT2D eigenvalue weighted by Gasteiger charge is -2.34. The smallest absolute Gasteiger partial charge is 0.0829 e. The Morgan fingerprint density at radius 3 is 2.83 bits per heavy atom. The molecule has 2 rings (SSSR count). The molecule has 0 saturated carbocycles. The molecule has 1 aliphatic rings. The second-order valence-corrected chi connectivity index (χ2v) is 5.42. The summed E-state index contributed by atoms with van der Waals surface area (Å²) >= 11 is 0. The average Bonchev–Trinajstić information content (AvgIpc) is 2.32. The summed E-state index contributed by atoms with van der Waals surface area (Å²) in [7, 11) is 4.20. The minimum absolute atomic E-state index is 0.345. The third kappa shape index (κ3) is 3.80. The highest BCUT2D eigenvalue weighted by molar-refractivity contribution is 5.25. The van der Waals surface area contributed by atoms with Crippen LogP contribution >= 0.6 is 0 Å². The standard InChI is InChI=1S/C15H24N2O/c1-13-6-4-5-7-14(13)10-17-8-9-18-15(12-17)11-16(2)3/h4-7,15H,8-12H2,1-3H3. The monoisotopic (exact) mass is 248 g/mol. The van der Waals surface area contributed by atoms with Gasteiger partial charge in [-0.25, -0.2) is 0 Å². The fraction of sp³-hybridized carbons (Fsp3) is 0.600. The molecule has 0 N–H and O–H groups in total. The lowest BCUT2D eigenvalue weighted by atomic mass is 10.1. The van der Waals surface area contributed by atoms with Crippen LogP contribution < -0.4 is 0 Å². The Morgan fingerprint density at radius 2 is 2.11 bits per heavy atom. The molecule has 18 heavy (non-hydrogen) atoms. The van der Waals surface area contributed by atoms with E-state index < -0.39 is 0 Å². The van der Waals surface area contributed by atoms with E-state index in [1.165, 1.54) is 11.1 Å². The van der Waals surface area contributed by atoms with E-state index in [-0.39, 0.29) is 0 Å². The Kier molecular flexibility index (Phi) is 4.75. The van der Waals surface area contributed by atoms with E-state index in [4.69, 9.17) is 4.74 Å². The number of aryl methyl sites for hydroxylation is 1. The molecule has 0 radical (unpaired) electrons. The number of benzene rings is 1. The predicted molar refractivity (Wildman–Crippen MR) is 74.8 cm³/mol. The normalized spacial score (nSPS) is 21.4. The van der Waals surface area contributed by atoms with Gasteiger partial charge in [0, 0.05) is 26.2 Å². The van der Waals surface area contributed by atoms with E-state index in [0.717, 1.165) is 32.8 Å². The lowest BCUT2D eigenvalue weighted by molar-refractivity contribution is -0.0407. The number of morpholine rings is 1. The highest BCUT2D eigenvalue weighted by atomic mass is 16.5. The van der Waals surface area contributed by atoms with Crippen molar-refractivity contribution in [3.05, 3.63) is 35.4 Å². The number of ether oxygens (including phenoxy) is 1. The Labute approximate surface area is 110 Å². The molecule has 100 valence electrons. The first kappa shape index (κ1) is 13.5. The number of hydrogen-bond acceptors (Lipinski definition) is 3. The Bertz CT molecular complexity index is 379. The largest absolute Gasteiger partial charge is 0.374 e. The molecule has 3 heteroatoms. The minimum atomic E-state index is 0.345. The summed E-state index contributed by atoms with van der Waals surface area (Å²) in [5.74, 6) is 0. The predicted octanol–water partition coefficient (Wildman–Crippen LogP) is 1.76. The van der Waals surface area contributed by atoms with Crippen LogP contribution in [0.5, 0.6) is 0 Å². The third-order valence-corrected chi connectivity index (χ3v) is 3.45. The number of rotatable bonds is 4. The van der Waals surface area contributed by atoms with Crippen LogP contribution in [0.2, 0.25) is 0 Å². The van der Waals surface area contributed by atoms with Crippen molar-refractivity contribution >= 4 is 0 Å². The maximum absolute atomic E-state index is 5.80. The fourth-order valence-corrected chi connectivity index (χ4v) is 2.47. The summed E-state index contributed by atoms with van der Waals surface area (Å²) in [6.45, 7) is 7.16. The van der Waals surface area contributed by atoms with Gasteiger partial charge in [-0.05, 0) is 32.1 Å². The van der Waals surface area contributed by atoms with Crippen molar-refractivity contribution < 1.29 is 4.74 Å². The van der Waals surface area contributed by atoms with E-state index in [1.807, 2.05) is 0 Å².